The number of hydrogen-bond donors (Lipinski definition) is 6. The molecule has 2 unspecified atom stereocenters. The first-order chi connectivity index (χ1) is 36.3. The lowest BCUT2D eigenvalue weighted by atomic mass is 9.93. The number of nitrogens with zero attached hydrogens (tertiary/aromatic N) is 5. The SMILES string of the molecule is CC(NC(=O)CNC(=O)CCC(=O)O)C(=O)NC(Cc1ccccc1)C(=O)NCC(=O)N(CCCNCCN1C(=O)c2cccc3cc([N+](=O)[O-])cc(c23)C1=O)CCN1C(=O)c2cccc3cc([N+](=O)[O-])cc(c23)C1=O. The summed E-state index contributed by atoms with van der Waals surface area (Å²) in [5.74, 6) is -7.83. The molecule has 7 rings (SSSR count). The maximum atomic E-state index is 14.1. The summed E-state index contributed by atoms with van der Waals surface area (Å²) in [6, 6.07) is 20.0. The number of carbonyl (C=O) groups excluding carboxylic acids is 9. The van der Waals surface area contributed by atoms with Crippen molar-refractivity contribution in [3.8, 4) is 0 Å². The molecule has 0 saturated carbocycles. The van der Waals surface area contributed by atoms with Crippen LogP contribution < -0.4 is 26.6 Å². The predicted molar refractivity (Wildman–Crippen MR) is 269 cm³/mol. The third-order valence-electron chi connectivity index (χ3n) is 12.6. The molecule has 0 spiro atoms. The third-order valence-corrected chi connectivity index (χ3v) is 12.6. The van der Waals surface area contributed by atoms with Crippen molar-refractivity contribution in [2.45, 2.75) is 44.7 Å². The summed E-state index contributed by atoms with van der Waals surface area (Å²) < 4.78 is 0. The summed E-state index contributed by atoms with van der Waals surface area (Å²) in [6.45, 7) is -0.462. The molecule has 25 nitrogen and oxygen atoms in total. The van der Waals surface area contributed by atoms with Gasteiger partial charge in [-0.2, -0.15) is 0 Å². The van der Waals surface area contributed by atoms with Crippen LogP contribution in [0.3, 0.4) is 0 Å². The van der Waals surface area contributed by atoms with E-state index in [1.165, 1.54) is 48.2 Å². The fourth-order valence-corrected chi connectivity index (χ4v) is 8.79. The zero-order valence-electron chi connectivity index (χ0n) is 40.7. The van der Waals surface area contributed by atoms with Crippen LogP contribution in [0.5, 0.6) is 0 Å². The highest BCUT2D eigenvalue weighted by Gasteiger charge is 2.36. The van der Waals surface area contributed by atoms with Crippen LogP contribution in [0, 0.1) is 20.2 Å². The number of amides is 9. The summed E-state index contributed by atoms with van der Waals surface area (Å²) in [4.78, 5) is 157. The largest absolute Gasteiger partial charge is 0.481 e. The number of nitro groups is 2. The van der Waals surface area contributed by atoms with Crippen LogP contribution in [0.4, 0.5) is 11.4 Å². The number of nitrogens with one attached hydrogen (secondary N) is 5. The van der Waals surface area contributed by atoms with Gasteiger partial charge in [-0.05, 0) is 48.4 Å². The van der Waals surface area contributed by atoms with Gasteiger partial charge in [-0.25, -0.2) is 0 Å². The van der Waals surface area contributed by atoms with E-state index in [-0.39, 0.29) is 97.5 Å². The molecule has 0 radical (unpaired) electrons. The zero-order valence-corrected chi connectivity index (χ0v) is 40.7. The number of benzene rings is 5. The number of carboxylic acid groups (broad SMARTS) is 1. The quantitative estimate of drug-likeness (QED) is 0.0210. The lowest BCUT2D eigenvalue weighted by Crippen LogP contribution is -2.55. The summed E-state index contributed by atoms with van der Waals surface area (Å²) in [6.07, 6.45) is -0.684. The highest BCUT2D eigenvalue weighted by molar-refractivity contribution is 6.27. The first-order valence-corrected chi connectivity index (χ1v) is 23.9. The van der Waals surface area contributed by atoms with E-state index in [2.05, 4.69) is 26.6 Å². The van der Waals surface area contributed by atoms with Gasteiger partial charge in [0.15, 0.2) is 0 Å². The van der Waals surface area contributed by atoms with Gasteiger partial charge >= 0.3 is 5.97 Å². The smallest absolute Gasteiger partial charge is 0.303 e. The Labute approximate surface area is 431 Å². The van der Waals surface area contributed by atoms with E-state index in [1.807, 2.05) is 0 Å². The van der Waals surface area contributed by atoms with Gasteiger partial charge in [-0.1, -0.05) is 54.6 Å². The number of aliphatic carboxylic acids is 1. The normalized spacial score (nSPS) is 13.5. The molecule has 25 heteroatoms. The molecule has 394 valence electrons. The topological polar surface area (TPSA) is 347 Å². The van der Waals surface area contributed by atoms with Crippen molar-refractivity contribution in [1.29, 1.82) is 0 Å². The molecule has 2 atom stereocenters. The summed E-state index contributed by atoms with van der Waals surface area (Å²) in [5, 5.41) is 46.3. The number of rotatable bonds is 25. The summed E-state index contributed by atoms with van der Waals surface area (Å²) in [7, 11) is 0. The van der Waals surface area contributed by atoms with Crippen molar-refractivity contribution in [3.63, 3.8) is 0 Å². The van der Waals surface area contributed by atoms with E-state index in [9.17, 15) is 68.2 Å². The highest BCUT2D eigenvalue weighted by Crippen LogP contribution is 2.35. The minimum absolute atomic E-state index is 0.00803. The van der Waals surface area contributed by atoms with E-state index < -0.39 is 101 Å². The molecular weight excluding hydrogens is 993 g/mol. The molecule has 5 aromatic carbocycles. The Morgan fingerprint density at radius 2 is 1.18 bits per heavy atom. The van der Waals surface area contributed by atoms with Gasteiger partial charge in [0, 0.05) is 91.7 Å². The third kappa shape index (κ3) is 12.6. The predicted octanol–water partition coefficient (Wildman–Crippen LogP) is 1.84. The van der Waals surface area contributed by atoms with Crippen molar-refractivity contribution < 1.29 is 62.9 Å². The van der Waals surface area contributed by atoms with Crippen LogP contribution in [-0.4, -0.2) is 153 Å². The first kappa shape index (κ1) is 54.3. The molecule has 0 aliphatic carbocycles. The summed E-state index contributed by atoms with van der Waals surface area (Å²) >= 11 is 0. The van der Waals surface area contributed by atoms with Gasteiger partial charge in [0.05, 0.1) is 40.5 Å². The number of carbonyl (C=O) groups is 10. The van der Waals surface area contributed by atoms with E-state index in [1.54, 1.807) is 42.5 Å². The monoisotopic (exact) mass is 1040 g/mol. The molecule has 0 fully saturated rings. The minimum atomic E-state index is -1.30. The molecule has 0 aromatic heterocycles. The number of hydrogen-bond acceptors (Lipinski definition) is 15. The average molecular weight is 1040 g/mol. The number of imide groups is 2. The lowest BCUT2D eigenvalue weighted by molar-refractivity contribution is -0.384. The molecular formula is C51H50N10O15. The first-order valence-electron chi connectivity index (χ1n) is 23.9. The Hall–Kier alpha value is -9.52. The Balaban J connectivity index is 1.02. The standard InChI is InChI=1S/C51H50N10O15/c1-29(55-41(63)27-53-40(62)14-15-43(65)66)46(67)56-39(22-30-8-3-2-4-9-30)47(68)54-28-42(64)57(20-21-59-49(70)36-13-6-11-32-24-34(61(75)76)26-38(45(32)36)51(59)72)18-7-16-52-17-19-58-48(69)35-12-5-10-31-23-33(60(73)74)25-37(44(31)35)50(58)71/h2-6,8-13,23-26,29,39,52H,7,14-22,27-28H2,1H3,(H,53,62)(H,54,68)(H,55,63)(H,56,67)(H,65,66). The molecule has 76 heavy (non-hydrogen) atoms. The van der Waals surface area contributed by atoms with Crippen LogP contribution in [0.25, 0.3) is 21.5 Å². The van der Waals surface area contributed by atoms with Crippen molar-refractivity contribution in [1.82, 2.24) is 41.3 Å². The summed E-state index contributed by atoms with van der Waals surface area (Å²) in [5.41, 5.74) is 0.164. The van der Waals surface area contributed by atoms with E-state index in [0.717, 1.165) is 21.9 Å². The van der Waals surface area contributed by atoms with Gasteiger partial charge in [0.25, 0.3) is 35.0 Å². The van der Waals surface area contributed by atoms with Crippen molar-refractivity contribution in [2.75, 3.05) is 52.4 Å². The Bertz CT molecular complexity index is 3220. The number of non-ortho nitro benzene ring substituents is 2. The molecule has 2 aliphatic heterocycles. The van der Waals surface area contributed by atoms with Crippen molar-refractivity contribution >= 4 is 92.1 Å². The van der Waals surface area contributed by atoms with E-state index in [0.29, 0.717) is 21.7 Å². The molecule has 0 bridgehead atoms. The van der Waals surface area contributed by atoms with Crippen LogP contribution in [0.1, 0.15) is 73.2 Å². The van der Waals surface area contributed by atoms with Crippen molar-refractivity contribution in [3.05, 3.63) is 139 Å². The molecule has 6 N–H and O–H groups in total. The second-order valence-corrected chi connectivity index (χ2v) is 17.7. The van der Waals surface area contributed by atoms with Crippen LogP contribution >= 0.6 is 0 Å². The molecule has 9 amide bonds. The molecule has 0 saturated heterocycles. The van der Waals surface area contributed by atoms with E-state index >= 15 is 0 Å². The lowest BCUT2D eigenvalue weighted by Gasteiger charge is -2.30. The van der Waals surface area contributed by atoms with E-state index in [4.69, 9.17) is 5.11 Å². The van der Waals surface area contributed by atoms with Gasteiger partial charge < -0.3 is 36.6 Å². The minimum Gasteiger partial charge on any atom is -0.481 e. The Kier molecular flexibility index (Phi) is 17.1. The molecule has 2 aliphatic rings. The number of nitro benzene ring substituents is 2. The van der Waals surface area contributed by atoms with Crippen LogP contribution in [-0.2, 0) is 35.2 Å². The zero-order chi connectivity index (χ0) is 54.8. The van der Waals surface area contributed by atoms with Gasteiger partial charge in [-0.15, -0.1) is 0 Å². The maximum Gasteiger partial charge on any atom is 0.303 e. The van der Waals surface area contributed by atoms with Gasteiger partial charge in [-0.3, -0.25) is 78.0 Å². The Morgan fingerprint density at radius 3 is 1.75 bits per heavy atom. The highest BCUT2D eigenvalue weighted by atomic mass is 16.6. The molecule has 2 heterocycles. The second-order valence-electron chi connectivity index (χ2n) is 17.7. The number of carboxylic acids is 1. The maximum absolute atomic E-state index is 14.1. The van der Waals surface area contributed by atoms with Crippen LogP contribution in [0.15, 0.2) is 91.0 Å². The Morgan fingerprint density at radius 1 is 0.618 bits per heavy atom. The van der Waals surface area contributed by atoms with Crippen molar-refractivity contribution in [2.24, 2.45) is 0 Å². The van der Waals surface area contributed by atoms with Crippen LogP contribution in [0.2, 0.25) is 0 Å². The van der Waals surface area contributed by atoms with Gasteiger partial charge in [0.1, 0.15) is 12.1 Å². The fourth-order valence-electron chi connectivity index (χ4n) is 8.79. The average Bonchev–Trinajstić information content (AvgIpc) is 3.40. The molecule has 5 aromatic rings. The second kappa shape index (κ2) is 24.0. The fraction of sp³-hybridized carbons (Fsp3) is 0.294. The van der Waals surface area contributed by atoms with Gasteiger partial charge in [0.2, 0.25) is 29.5 Å².